The Morgan fingerprint density at radius 1 is 1.14 bits per heavy atom. The highest BCUT2D eigenvalue weighted by Crippen LogP contribution is 2.33. The van der Waals surface area contributed by atoms with Crippen LogP contribution in [0.15, 0.2) is 54.6 Å². The molecule has 0 bridgehead atoms. The minimum atomic E-state index is -3.21. The Morgan fingerprint density at radius 2 is 1.86 bits per heavy atom. The molecule has 1 fully saturated rings. The number of fused-ring (bicyclic) bond motifs is 1. The number of esters is 1. The van der Waals surface area contributed by atoms with E-state index in [9.17, 15) is 22.4 Å². The van der Waals surface area contributed by atoms with E-state index in [0.717, 1.165) is 0 Å². The number of hydrogen-bond donors (Lipinski definition) is 1. The second-order valence-electron chi connectivity index (χ2n) is 8.84. The first kappa shape index (κ1) is 24.6. The van der Waals surface area contributed by atoms with Crippen LogP contribution in [0.4, 0.5) is 10.1 Å². The van der Waals surface area contributed by atoms with Gasteiger partial charge < -0.3 is 10.1 Å². The van der Waals surface area contributed by atoms with Gasteiger partial charge in [0.05, 0.1) is 52.6 Å². The van der Waals surface area contributed by atoms with Crippen LogP contribution in [-0.4, -0.2) is 53.7 Å². The lowest BCUT2D eigenvalue weighted by molar-refractivity contribution is 0.0600. The van der Waals surface area contributed by atoms with Crippen LogP contribution in [0.1, 0.15) is 38.9 Å². The molecule has 190 valence electrons. The second kappa shape index (κ2) is 9.40. The zero-order valence-electron chi connectivity index (χ0n) is 20.1. The number of ether oxygens (including phenoxy) is 1. The first-order chi connectivity index (χ1) is 17.7. The van der Waals surface area contributed by atoms with Gasteiger partial charge in [-0.25, -0.2) is 27.3 Å². The smallest absolute Gasteiger partial charge is 0.337 e. The highest BCUT2D eigenvalue weighted by Gasteiger charge is 2.32. The third-order valence-electron chi connectivity index (χ3n) is 6.35. The van der Waals surface area contributed by atoms with E-state index < -0.39 is 33.6 Å². The van der Waals surface area contributed by atoms with Crippen molar-refractivity contribution in [2.45, 2.75) is 19.4 Å². The average molecular weight is 523 g/mol. The van der Waals surface area contributed by atoms with Gasteiger partial charge in [-0.2, -0.15) is 5.10 Å². The Labute approximate surface area is 212 Å². The highest BCUT2D eigenvalue weighted by molar-refractivity contribution is 7.91. The Balaban J connectivity index is 1.62. The summed E-state index contributed by atoms with van der Waals surface area (Å²) in [5.74, 6) is -1.54. The number of aryl methyl sites for hydroxylation is 1. The number of hydrogen-bond acceptors (Lipinski definition) is 7. The molecule has 2 aromatic carbocycles. The van der Waals surface area contributed by atoms with Crippen LogP contribution >= 0.6 is 0 Å². The van der Waals surface area contributed by atoms with Crippen LogP contribution in [-0.2, 0) is 14.6 Å². The summed E-state index contributed by atoms with van der Waals surface area (Å²) in [4.78, 5) is 29.9. The number of amides is 1. The number of sulfone groups is 1. The number of halogens is 1. The Morgan fingerprint density at radius 3 is 2.51 bits per heavy atom. The lowest BCUT2D eigenvalue weighted by Crippen LogP contribution is -2.15. The van der Waals surface area contributed by atoms with Crippen molar-refractivity contribution in [1.29, 1.82) is 0 Å². The number of pyridine rings is 1. The van der Waals surface area contributed by atoms with E-state index in [-0.39, 0.29) is 28.3 Å². The van der Waals surface area contributed by atoms with Crippen molar-refractivity contribution >= 4 is 38.4 Å². The molecule has 9 nitrogen and oxygen atoms in total. The minimum Gasteiger partial charge on any atom is -0.465 e. The van der Waals surface area contributed by atoms with Crippen LogP contribution in [0.25, 0.3) is 22.3 Å². The summed E-state index contributed by atoms with van der Waals surface area (Å²) >= 11 is 0. The molecule has 1 unspecified atom stereocenters. The topological polar surface area (TPSA) is 120 Å². The van der Waals surface area contributed by atoms with Gasteiger partial charge in [0.2, 0.25) is 0 Å². The maximum Gasteiger partial charge on any atom is 0.337 e. The second-order valence-corrected chi connectivity index (χ2v) is 11.1. The molecular formula is C26H23FN4O5S. The molecule has 0 radical (unpaired) electrons. The maximum absolute atomic E-state index is 14.7. The van der Waals surface area contributed by atoms with E-state index >= 15 is 0 Å². The first-order valence-electron chi connectivity index (χ1n) is 11.5. The van der Waals surface area contributed by atoms with Gasteiger partial charge in [0, 0.05) is 11.3 Å². The number of nitrogens with zero attached hydrogens (tertiary/aromatic N) is 3. The number of aromatic nitrogens is 3. The summed E-state index contributed by atoms with van der Waals surface area (Å²) in [6, 6.07) is 13.3. The number of carbonyl (C=O) groups excluding carboxylic acids is 2. The maximum atomic E-state index is 14.7. The van der Waals surface area contributed by atoms with E-state index in [4.69, 9.17) is 4.74 Å². The third kappa shape index (κ3) is 4.69. The molecule has 2 aromatic heterocycles. The number of nitrogens with one attached hydrogen (secondary N) is 1. The van der Waals surface area contributed by atoms with Crippen molar-refractivity contribution in [3.8, 4) is 11.3 Å². The molecule has 1 amide bonds. The standard InChI is InChI=1S/C26H23FN4O5S/c1-15-23-20(25(32)28-17-9-7-16(8-10-17)26(33)36-2)13-22(19-5-3-4-6-21(19)27)29-24(23)31(30-15)18-11-12-37(34,35)14-18/h3-10,13,18H,11-12,14H2,1-2H3,(H,28,32). The molecule has 1 aliphatic rings. The average Bonchev–Trinajstić information content (AvgIpc) is 3.42. The van der Waals surface area contributed by atoms with Gasteiger partial charge in [-0.15, -0.1) is 0 Å². The van der Waals surface area contributed by atoms with E-state index in [1.54, 1.807) is 41.9 Å². The van der Waals surface area contributed by atoms with Crippen molar-refractivity contribution in [3.63, 3.8) is 0 Å². The van der Waals surface area contributed by atoms with Gasteiger partial charge in [0.25, 0.3) is 5.91 Å². The third-order valence-corrected chi connectivity index (χ3v) is 8.10. The van der Waals surface area contributed by atoms with Crippen LogP contribution in [0.2, 0.25) is 0 Å². The molecule has 11 heteroatoms. The SMILES string of the molecule is COC(=O)c1ccc(NC(=O)c2cc(-c3ccccc3F)nc3c2c(C)nn3C2CCS(=O)(=O)C2)cc1. The summed E-state index contributed by atoms with van der Waals surface area (Å²) in [5, 5.41) is 7.80. The monoisotopic (exact) mass is 522 g/mol. The fraction of sp³-hybridized carbons (Fsp3) is 0.231. The largest absolute Gasteiger partial charge is 0.465 e. The number of carbonyl (C=O) groups is 2. The van der Waals surface area contributed by atoms with E-state index in [1.807, 2.05) is 0 Å². The molecule has 1 N–H and O–H groups in total. The highest BCUT2D eigenvalue weighted by atomic mass is 32.2. The minimum absolute atomic E-state index is 0.0417. The van der Waals surface area contributed by atoms with Gasteiger partial charge in [-0.1, -0.05) is 12.1 Å². The fourth-order valence-electron chi connectivity index (χ4n) is 4.53. The van der Waals surface area contributed by atoms with E-state index in [2.05, 4.69) is 15.4 Å². The predicted molar refractivity (Wildman–Crippen MR) is 136 cm³/mol. The van der Waals surface area contributed by atoms with Gasteiger partial charge in [-0.05, 0) is 55.8 Å². The molecule has 1 aliphatic heterocycles. The van der Waals surface area contributed by atoms with Crippen LogP contribution < -0.4 is 5.32 Å². The number of benzene rings is 2. The van der Waals surface area contributed by atoms with Crippen LogP contribution in [0.3, 0.4) is 0 Å². The lowest BCUT2D eigenvalue weighted by atomic mass is 10.0. The van der Waals surface area contributed by atoms with Crippen LogP contribution in [0.5, 0.6) is 0 Å². The molecule has 37 heavy (non-hydrogen) atoms. The molecule has 3 heterocycles. The van der Waals surface area contributed by atoms with Crippen molar-refractivity contribution in [3.05, 3.63) is 77.2 Å². The molecule has 5 rings (SSSR count). The normalized spacial score (nSPS) is 16.6. The Bertz CT molecular complexity index is 1650. The van der Waals surface area contributed by atoms with Crippen LogP contribution in [0, 0.1) is 12.7 Å². The molecule has 4 aromatic rings. The van der Waals surface area contributed by atoms with Crippen molar-refractivity contribution in [1.82, 2.24) is 14.8 Å². The van der Waals surface area contributed by atoms with Crippen molar-refractivity contribution in [2.75, 3.05) is 23.9 Å². The van der Waals surface area contributed by atoms with Crippen molar-refractivity contribution < 1.29 is 27.1 Å². The van der Waals surface area contributed by atoms with E-state index in [1.165, 1.54) is 31.4 Å². The van der Waals surface area contributed by atoms with Gasteiger partial charge in [0.1, 0.15) is 5.82 Å². The summed E-state index contributed by atoms with van der Waals surface area (Å²) in [6.45, 7) is 1.72. The number of methoxy groups -OCH3 is 1. The molecule has 0 spiro atoms. The van der Waals surface area contributed by atoms with E-state index in [0.29, 0.717) is 34.4 Å². The van der Waals surface area contributed by atoms with Gasteiger partial charge in [0.15, 0.2) is 15.5 Å². The number of rotatable bonds is 5. The molecule has 1 atom stereocenters. The first-order valence-corrected chi connectivity index (χ1v) is 13.3. The zero-order chi connectivity index (χ0) is 26.3. The summed E-state index contributed by atoms with van der Waals surface area (Å²) in [6.07, 6.45) is 0.373. The zero-order valence-corrected chi connectivity index (χ0v) is 20.9. The number of anilines is 1. The quantitative estimate of drug-likeness (QED) is 0.394. The molecule has 1 saturated heterocycles. The molecule has 0 saturated carbocycles. The molecule has 0 aliphatic carbocycles. The lowest BCUT2D eigenvalue weighted by Gasteiger charge is -2.13. The molecular weight excluding hydrogens is 499 g/mol. The van der Waals surface area contributed by atoms with Crippen molar-refractivity contribution in [2.24, 2.45) is 0 Å². The van der Waals surface area contributed by atoms with Gasteiger partial charge >= 0.3 is 5.97 Å². The Kier molecular flexibility index (Phi) is 6.24. The summed E-state index contributed by atoms with van der Waals surface area (Å²) in [5.41, 5.74) is 2.21. The fourth-order valence-corrected chi connectivity index (χ4v) is 6.22. The summed E-state index contributed by atoms with van der Waals surface area (Å²) in [7, 11) is -1.93. The summed E-state index contributed by atoms with van der Waals surface area (Å²) < 4.78 is 45.3. The Hall–Kier alpha value is -4.12. The van der Waals surface area contributed by atoms with Gasteiger partial charge in [-0.3, -0.25) is 4.79 Å². The predicted octanol–water partition coefficient (Wildman–Crippen LogP) is 3.94.